The highest BCUT2D eigenvalue weighted by Gasteiger charge is 2.29. The number of nitrogens with one attached hydrogen (secondary N) is 1. The Morgan fingerprint density at radius 3 is 2.57 bits per heavy atom. The molecule has 0 saturated carbocycles. The van der Waals surface area contributed by atoms with Crippen molar-refractivity contribution in [3.05, 3.63) is 76.1 Å². The van der Waals surface area contributed by atoms with E-state index in [4.69, 9.17) is 5.73 Å². The van der Waals surface area contributed by atoms with Gasteiger partial charge in [-0.15, -0.1) is 11.3 Å². The van der Waals surface area contributed by atoms with Crippen LogP contribution >= 0.6 is 18.5 Å². The predicted molar refractivity (Wildman–Crippen MR) is 184 cm³/mol. The first-order valence-electron chi connectivity index (χ1n) is 15.5. The number of nitrogen functional groups attached to an aromatic ring is 1. The Morgan fingerprint density at radius 2 is 1.87 bits per heavy atom. The molecule has 3 aromatic heterocycles. The van der Waals surface area contributed by atoms with Crippen LogP contribution in [0.1, 0.15) is 40.1 Å². The van der Waals surface area contributed by atoms with E-state index in [2.05, 4.69) is 49.9 Å². The van der Waals surface area contributed by atoms with Gasteiger partial charge in [0.25, 0.3) is 0 Å². The van der Waals surface area contributed by atoms with Gasteiger partial charge in [0.15, 0.2) is 0 Å². The van der Waals surface area contributed by atoms with E-state index in [1.807, 2.05) is 24.3 Å². The largest absolute Gasteiger partial charge is 0.398 e. The second-order valence-electron chi connectivity index (χ2n) is 12.7. The number of fused-ring (bicyclic) bond motifs is 2. The molecule has 1 aliphatic heterocycles. The van der Waals surface area contributed by atoms with Crippen LogP contribution < -0.4 is 16.4 Å². The highest BCUT2D eigenvalue weighted by molar-refractivity contribution is 7.70. The smallest absolute Gasteiger partial charge is 0.393 e. The Labute approximate surface area is 275 Å². The van der Waals surface area contributed by atoms with E-state index in [-0.39, 0.29) is 10.9 Å². The predicted octanol–water partition coefficient (Wildman–Crippen LogP) is 7.08. The number of likely N-dealkylation sites (tertiary alicyclic amines) is 1. The highest BCUT2D eigenvalue weighted by atomic mass is 32.1. The number of benzene rings is 2. The quantitative estimate of drug-likeness (QED) is 0.127. The van der Waals surface area contributed by atoms with Crippen molar-refractivity contribution in [1.29, 1.82) is 5.26 Å². The summed E-state index contributed by atoms with van der Waals surface area (Å²) in [7, 11) is -2.51. The van der Waals surface area contributed by atoms with Crippen LogP contribution in [0.2, 0.25) is 0 Å². The van der Waals surface area contributed by atoms with Gasteiger partial charge >= 0.3 is 6.18 Å². The van der Waals surface area contributed by atoms with Crippen LogP contribution in [0, 0.1) is 18.3 Å². The van der Waals surface area contributed by atoms with Gasteiger partial charge in [0.05, 0.1) is 11.8 Å². The number of rotatable bonds is 9. The molecule has 0 spiro atoms. The van der Waals surface area contributed by atoms with E-state index in [0.29, 0.717) is 45.7 Å². The summed E-state index contributed by atoms with van der Waals surface area (Å²) < 4.78 is 53.6. The van der Waals surface area contributed by atoms with E-state index in [9.17, 15) is 23.0 Å². The molecule has 1 saturated heterocycles. The van der Waals surface area contributed by atoms with Gasteiger partial charge in [-0.2, -0.15) is 18.4 Å². The summed E-state index contributed by atoms with van der Waals surface area (Å²) in [5, 5.41) is 15.8. The third-order valence-electron chi connectivity index (χ3n) is 8.96. The Kier molecular flexibility index (Phi) is 9.09. The molecule has 0 unspecified atom stereocenters. The molecule has 2 aromatic carbocycles. The number of aromatic nitrogens is 3. The SMILES string of the molecule is Cc1c(CN2CCC(Nc3ncnc4sc(CC(F)(F)F)cc34)CC2)ccc2c1cc(C#N)n2CCc1ccc(N)c(P(C)(C)=O)c1. The lowest BCUT2D eigenvalue weighted by atomic mass is 10.0. The van der Waals surface area contributed by atoms with Crippen LogP contribution in [0.4, 0.5) is 24.7 Å². The van der Waals surface area contributed by atoms with Crippen LogP contribution in [0.3, 0.4) is 0 Å². The molecule has 3 N–H and O–H groups in total. The molecule has 0 radical (unpaired) electrons. The molecular weight excluding hydrogens is 642 g/mol. The third-order valence-corrected chi connectivity index (χ3v) is 11.5. The van der Waals surface area contributed by atoms with Crippen LogP contribution in [-0.4, -0.2) is 58.1 Å². The van der Waals surface area contributed by atoms with Gasteiger partial charge in [-0.3, -0.25) is 4.90 Å². The molecule has 13 heteroatoms. The van der Waals surface area contributed by atoms with Crippen molar-refractivity contribution in [2.24, 2.45) is 0 Å². The first-order valence-corrected chi connectivity index (χ1v) is 19.0. The summed E-state index contributed by atoms with van der Waals surface area (Å²) in [6, 6.07) is 16.0. The molecule has 0 aliphatic carbocycles. The topological polar surface area (TPSA) is 113 Å². The zero-order valence-electron chi connectivity index (χ0n) is 26.6. The summed E-state index contributed by atoms with van der Waals surface area (Å²) in [6.45, 7) is 8.68. The Hall–Kier alpha value is -3.91. The van der Waals surface area contributed by atoms with Crippen molar-refractivity contribution in [2.75, 3.05) is 37.5 Å². The number of aryl methyl sites for hydroxylation is 3. The minimum atomic E-state index is -4.26. The van der Waals surface area contributed by atoms with Gasteiger partial charge in [-0.25, -0.2) is 9.97 Å². The van der Waals surface area contributed by atoms with Gasteiger partial charge in [0.1, 0.15) is 35.9 Å². The zero-order chi connectivity index (χ0) is 33.5. The number of nitrogens with two attached hydrogens (primary N) is 1. The van der Waals surface area contributed by atoms with Gasteiger partial charge in [-0.05, 0) is 86.5 Å². The molecule has 246 valence electrons. The second-order valence-corrected chi connectivity index (χ2v) is 17.0. The average molecular weight is 680 g/mol. The van der Waals surface area contributed by atoms with Crippen molar-refractivity contribution in [1.82, 2.24) is 19.4 Å². The molecular formula is C34H37F3N7OPS. The summed E-state index contributed by atoms with van der Waals surface area (Å²) in [6.07, 6.45) is -1.40. The fourth-order valence-electron chi connectivity index (χ4n) is 6.45. The number of nitriles is 1. The van der Waals surface area contributed by atoms with Gasteiger partial charge < -0.3 is 20.2 Å². The normalized spacial score (nSPS) is 15.0. The number of alkyl halides is 3. The molecule has 47 heavy (non-hydrogen) atoms. The number of piperidine rings is 1. The summed E-state index contributed by atoms with van der Waals surface area (Å²) in [5.74, 6) is 0.588. The molecule has 8 nitrogen and oxygen atoms in total. The molecule has 4 heterocycles. The van der Waals surface area contributed by atoms with Gasteiger partial charge in [0.2, 0.25) is 0 Å². The second kappa shape index (κ2) is 12.9. The maximum atomic E-state index is 12.9. The lowest BCUT2D eigenvalue weighted by Crippen LogP contribution is -2.39. The fourth-order valence-corrected chi connectivity index (χ4v) is 8.65. The van der Waals surface area contributed by atoms with Gasteiger partial charge in [-0.1, -0.05) is 12.1 Å². The minimum Gasteiger partial charge on any atom is -0.398 e. The number of anilines is 2. The molecule has 0 bridgehead atoms. The lowest BCUT2D eigenvalue weighted by Gasteiger charge is -2.33. The fraction of sp³-hybridized carbons (Fsp3) is 0.382. The first-order chi connectivity index (χ1) is 22.3. The van der Waals surface area contributed by atoms with Crippen molar-refractivity contribution >= 4 is 56.4 Å². The van der Waals surface area contributed by atoms with E-state index < -0.39 is 19.7 Å². The third kappa shape index (κ3) is 7.33. The summed E-state index contributed by atoms with van der Waals surface area (Å²) in [5.41, 5.74) is 11.7. The van der Waals surface area contributed by atoms with Crippen molar-refractivity contribution in [3.63, 3.8) is 0 Å². The summed E-state index contributed by atoms with van der Waals surface area (Å²) in [4.78, 5) is 11.7. The van der Waals surface area contributed by atoms with E-state index in [0.717, 1.165) is 65.8 Å². The lowest BCUT2D eigenvalue weighted by molar-refractivity contribution is -0.126. The van der Waals surface area contributed by atoms with Crippen LogP contribution in [-0.2, 0) is 30.5 Å². The summed E-state index contributed by atoms with van der Waals surface area (Å²) >= 11 is 1.06. The van der Waals surface area contributed by atoms with Crippen molar-refractivity contribution in [2.45, 2.75) is 57.9 Å². The maximum Gasteiger partial charge on any atom is 0.393 e. The van der Waals surface area contributed by atoms with Crippen LogP contribution in [0.25, 0.3) is 21.1 Å². The number of halogens is 3. The van der Waals surface area contributed by atoms with E-state index in [1.54, 1.807) is 19.4 Å². The minimum absolute atomic E-state index is 0.157. The first kappa shape index (κ1) is 33.0. The molecule has 0 amide bonds. The van der Waals surface area contributed by atoms with Crippen molar-refractivity contribution < 1.29 is 17.7 Å². The van der Waals surface area contributed by atoms with Gasteiger partial charge in [0, 0.05) is 59.0 Å². The number of nitrogens with zero attached hydrogens (tertiary/aromatic N) is 5. The standard InChI is InChI=1S/C34H37F3N7OPS/c1-21-23(5-7-30-27(21)15-25(18-38)44(30)13-8-22-4-6-29(39)31(14-22)46(2,3)45)19-43-11-9-24(10-12-43)42-32-28-16-26(17-34(35,36)37)47-33(28)41-20-40-32/h4-7,14-16,20,24H,8-13,17,19,39H2,1-3H3,(H,40,41,42). The monoisotopic (exact) mass is 679 g/mol. The molecule has 1 aliphatic rings. The Bertz CT molecular complexity index is 2030. The van der Waals surface area contributed by atoms with Crippen LogP contribution in [0.5, 0.6) is 0 Å². The number of hydrogen-bond acceptors (Lipinski definition) is 8. The zero-order valence-corrected chi connectivity index (χ0v) is 28.3. The number of hydrogen-bond donors (Lipinski definition) is 2. The molecule has 5 aromatic rings. The van der Waals surface area contributed by atoms with E-state index in [1.165, 1.54) is 11.9 Å². The number of thiophene rings is 1. The molecule has 1 fully saturated rings. The van der Waals surface area contributed by atoms with E-state index >= 15 is 0 Å². The average Bonchev–Trinajstić information content (AvgIpc) is 3.59. The van der Waals surface area contributed by atoms with Crippen LogP contribution in [0.15, 0.2) is 48.8 Å². The maximum absolute atomic E-state index is 12.9. The molecule has 0 atom stereocenters. The van der Waals surface area contributed by atoms with Crippen molar-refractivity contribution in [3.8, 4) is 6.07 Å². The Balaban J connectivity index is 1.11. The Morgan fingerprint density at radius 1 is 1.11 bits per heavy atom. The highest BCUT2D eigenvalue weighted by Crippen LogP contribution is 2.37. The molecule has 6 rings (SSSR count).